The first-order valence-electron chi connectivity index (χ1n) is 12.6. The average molecular weight is 482 g/mol. The molecule has 0 aromatic heterocycles. The first-order valence-corrected chi connectivity index (χ1v) is 12.6. The van der Waals surface area contributed by atoms with Gasteiger partial charge in [0.2, 0.25) is 11.8 Å². The molecular formula is C26H35N5O4. The number of rotatable bonds is 7. The van der Waals surface area contributed by atoms with Crippen molar-refractivity contribution in [1.82, 2.24) is 20.4 Å². The molecule has 2 N–H and O–H groups in total. The van der Waals surface area contributed by atoms with Crippen molar-refractivity contribution in [3.63, 3.8) is 0 Å². The van der Waals surface area contributed by atoms with Crippen LogP contribution in [0.4, 0.5) is 4.79 Å². The van der Waals surface area contributed by atoms with Crippen LogP contribution in [0.2, 0.25) is 0 Å². The fourth-order valence-electron chi connectivity index (χ4n) is 5.35. The molecule has 3 saturated heterocycles. The highest BCUT2D eigenvalue weighted by Gasteiger charge is 2.42. The minimum atomic E-state index is -0.781. The molecule has 3 aliphatic heterocycles. The maximum absolute atomic E-state index is 13.3. The molecule has 0 aliphatic carbocycles. The van der Waals surface area contributed by atoms with Gasteiger partial charge in [0.05, 0.1) is 6.07 Å². The molecule has 188 valence electrons. The summed E-state index contributed by atoms with van der Waals surface area (Å²) in [4.78, 5) is 42.2. The molecule has 3 amide bonds. The van der Waals surface area contributed by atoms with Crippen LogP contribution in [0.25, 0.3) is 0 Å². The van der Waals surface area contributed by atoms with Crippen LogP contribution >= 0.6 is 0 Å². The Balaban J connectivity index is 1.42. The maximum atomic E-state index is 13.3. The van der Waals surface area contributed by atoms with Crippen molar-refractivity contribution >= 4 is 17.9 Å². The molecule has 35 heavy (non-hydrogen) atoms. The third-order valence-corrected chi connectivity index (χ3v) is 7.38. The molecule has 1 aromatic carbocycles. The number of nitriles is 1. The second kappa shape index (κ2) is 11.5. The first-order chi connectivity index (χ1) is 16.9. The first kappa shape index (κ1) is 25.0. The van der Waals surface area contributed by atoms with Crippen molar-refractivity contribution in [2.45, 2.75) is 56.7 Å². The fourth-order valence-corrected chi connectivity index (χ4v) is 5.35. The number of nitrogens with zero attached hydrogens (tertiary/aromatic N) is 3. The molecule has 3 fully saturated rings. The number of carbonyl (C=O) groups is 3. The normalized spacial score (nSPS) is 26.1. The zero-order valence-corrected chi connectivity index (χ0v) is 20.3. The summed E-state index contributed by atoms with van der Waals surface area (Å²) in [6.07, 6.45) is 3.14. The molecule has 3 heterocycles. The van der Waals surface area contributed by atoms with E-state index >= 15 is 0 Å². The topological polar surface area (TPSA) is 115 Å². The van der Waals surface area contributed by atoms with E-state index in [9.17, 15) is 19.6 Å². The summed E-state index contributed by atoms with van der Waals surface area (Å²) < 4.78 is 5.82. The van der Waals surface area contributed by atoms with Crippen LogP contribution in [0.15, 0.2) is 30.3 Å². The number of hydrogen-bond donors (Lipinski definition) is 2. The molecular weight excluding hydrogens is 446 g/mol. The number of carbonyl (C=O) groups excluding carboxylic acids is 3. The monoisotopic (exact) mass is 481 g/mol. The molecule has 9 nitrogen and oxygen atoms in total. The molecule has 3 aliphatic rings. The summed E-state index contributed by atoms with van der Waals surface area (Å²) >= 11 is 0. The van der Waals surface area contributed by atoms with Gasteiger partial charge >= 0.3 is 6.09 Å². The Labute approximate surface area is 206 Å². The Morgan fingerprint density at radius 2 is 1.97 bits per heavy atom. The number of nitrogens with one attached hydrogen (secondary N) is 2. The maximum Gasteiger partial charge on any atom is 0.410 e. The molecule has 4 atom stereocenters. The Hall–Kier alpha value is -3.12. The number of hydrogen-bond acceptors (Lipinski definition) is 6. The van der Waals surface area contributed by atoms with Gasteiger partial charge in [0.15, 0.2) is 0 Å². The van der Waals surface area contributed by atoms with Crippen molar-refractivity contribution in [3.8, 4) is 6.07 Å². The van der Waals surface area contributed by atoms with Crippen LogP contribution in [0.3, 0.4) is 0 Å². The largest absolute Gasteiger partial charge is 0.446 e. The van der Waals surface area contributed by atoms with Gasteiger partial charge in [-0.1, -0.05) is 30.3 Å². The van der Waals surface area contributed by atoms with Crippen molar-refractivity contribution in [3.05, 3.63) is 35.9 Å². The zero-order valence-electron chi connectivity index (χ0n) is 20.3. The minimum absolute atomic E-state index is 0.0772. The van der Waals surface area contributed by atoms with Crippen LogP contribution in [0.1, 0.15) is 37.7 Å². The molecule has 0 bridgehead atoms. The van der Waals surface area contributed by atoms with Gasteiger partial charge in [-0.2, -0.15) is 5.26 Å². The van der Waals surface area contributed by atoms with Crippen molar-refractivity contribution in [2.24, 2.45) is 11.8 Å². The number of amides is 3. The van der Waals surface area contributed by atoms with Crippen molar-refractivity contribution < 1.29 is 19.1 Å². The lowest BCUT2D eigenvalue weighted by Gasteiger charge is -2.31. The Morgan fingerprint density at radius 3 is 2.63 bits per heavy atom. The van der Waals surface area contributed by atoms with Gasteiger partial charge in [0.1, 0.15) is 18.2 Å². The summed E-state index contributed by atoms with van der Waals surface area (Å²) in [5.41, 5.74) is 1.16. The van der Waals surface area contributed by atoms with E-state index in [0.29, 0.717) is 25.9 Å². The summed E-state index contributed by atoms with van der Waals surface area (Å²) in [7, 11) is 2.05. The Morgan fingerprint density at radius 1 is 1.23 bits per heavy atom. The standard InChI is InChI=1S/C26H35N5O4/c1-30-11-8-22(9-12-30)35-26(34)31-17-19(13-18-5-3-2-4-6-18)14-23(31)25(33)29-21(16-27)15-20-7-10-28-24(20)32/h2-6,19-23H,7-15,17H2,1H3,(H,28,32)(H,29,33). The molecule has 4 rings (SSSR count). The third kappa shape index (κ3) is 6.51. The second-order valence-electron chi connectivity index (χ2n) is 10.0. The van der Waals surface area contributed by atoms with Crippen molar-refractivity contribution in [1.29, 1.82) is 5.26 Å². The molecule has 9 heteroatoms. The lowest BCUT2D eigenvalue weighted by atomic mass is 9.96. The average Bonchev–Trinajstić information content (AvgIpc) is 3.47. The van der Waals surface area contributed by atoms with E-state index in [1.54, 1.807) is 0 Å². The number of piperidine rings is 1. The van der Waals surface area contributed by atoms with Gasteiger partial charge in [-0.15, -0.1) is 0 Å². The van der Waals surface area contributed by atoms with Crippen LogP contribution in [0, 0.1) is 23.2 Å². The molecule has 1 aromatic rings. The molecule has 0 saturated carbocycles. The van der Waals surface area contributed by atoms with Gasteiger partial charge in [0, 0.05) is 32.1 Å². The highest BCUT2D eigenvalue weighted by Crippen LogP contribution is 2.29. The predicted octanol–water partition coefficient (Wildman–Crippen LogP) is 1.68. The van der Waals surface area contributed by atoms with Gasteiger partial charge in [0.25, 0.3) is 0 Å². The quantitative estimate of drug-likeness (QED) is 0.613. The summed E-state index contributed by atoms with van der Waals surface area (Å²) in [6.45, 7) is 2.77. The minimum Gasteiger partial charge on any atom is -0.446 e. The number of benzene rings is 1. The van der Waals surface area contributed by atoms with E-state index in [0.717, 1.165) is 37.9 Å². The van der Waals surface area contributed by atoms with Crippen LogP contribution < -0.4 is 10.6 Å². The van der Waals surface area contributed by atoms with E-state index in [-0.39, 0.29) is 36.2 Å². The van der Waals surface area contributed by atoms with Crippen LogP contribution in [0.5, 0.6) is 0 Å². The highest BCUT2D eigenvalue weighted by atomic mass is 16.6. The fraction of sp³-hybridized carbons (Fsp3) is 0.615. The molecule has 4 unspecified atom stereocenters. The van der Waals surface area contributed by atoms with E-state index in [1.807, 2.05) is 37.4 Å². The highest BCUT2D eigenvalue weighted by molar-refractivity contribution is 5.87. The van der Waals surface area contributed by atoms with Crippen molar-refractivity contribution in [2.75, 3.05) is 33.2 Å². The van der Waals surface area contributed by atoms with Crippen LogP contribution in [-0.2, 0) is 20.7 Å². The van der Waals surface area contributed by atoms with Gasteiger partial charge in [-0.3, -0.25) is 14.5 Å². The summed E-state index contributed by atoms with van der Waals surface area (Å²) in [6, 6.07) is 10.7. The molecule has 0 radical (unpaired) electrons. The third-order valence-electron chi connectivity index (χ3n) is 7.38. The lowest BCUT2D eigenvalue weighted by molar-refractivity contribution is -0.126. The number of ether oxygens (including phenoxy) is 1. The Kier molecular flexibility index (Phi) is 8.24. The van der Waals surface area contributed by atoms with Gasteiger partial charge < -0.3 is 20.3 Å². The second-order valence-corrected chi connectivity index (χ2v) is 10.0. The van der Waals surface area contributed by atoms with Gasteiger partial charge in [-0.25, -0.2) is 4.79 Å². The smallest absolute Gasteiger partial charge is 0.410 e. The SMILES string of the molecule is CN1CCC(OC(=O)N2CC(Cc3ccccc3)CC2C(=O)NC(C#N)CC2CCNC2=O)CC1. The zero-order chi connectivity index (χ0) is 24.8. The van der Waals surface area contributed by atoms with Gasteiger partial charge in [-0.05, 0) is 57.1 Å². The van der Waals surface area contributed by atoms with E-state index in [2.05, 4.69) is 21.6 Å². The Bertz CT molecular complexity index is 941. The lowest BCUT2D eigenvalue weighted by Crippen LogP contribution is -2.50. The summed E-state index contributed by atoms with van der Waals surface area (Å²) in [5, 5.41) is 15.2. The summed E-state index contributed by atoms with van der Waals surface area (Å²) in [5.74, 6) is -0.600. The number of likely N-dealkylation sites (tertiary alicyclic amines) is 2. The van der Waals surface area contributed by atoms with E-state index in [4.69, 9.17) is 4.74 Å². The van der Waals surface area contributed by atoms with Crippen LogP contribution in [-0.4, -0.2) is 79.1 Å². The van der Waals surface area contributed by atoms with E-state index < -0.39 is 18.2 Å². The van der Waals surface area contributed by atoms with E-state index in [1.165, 1.54) is 4.90 Å². The predicted molar refractivity (Wildman–Crippen MR) is 129 cm³/mol. The molecule has 0 spiro atoms.